The Morgan fingerprint density at radius 1 is 1.35 bits per heavy atom. The van der Waals surface area contributed by atoms with Crippen molar-refractivity contribution in [2.75, 3.05) is 5.75 Å². The van der Waals surface area contributed by atoms with Gasteiger partial charge in [0.1, 0.15) is 0 Å². The topological polar surface area (TPSA) is 92.7 Å². The van der Waals surface area contributed by atoms with E-state index in [4.69, 9.17) is 0 Å². The van der Waals surface area contributed by atoms with Gasteiger partial charge in [-0.15, -0.1) is 5.10 Å². The number of carbonyl (C=O) groups excluding carboxylic acids is 1. The minimum Gasteiger partial charge on any atom is -0.342 e. The largest absolute Gasteiger partial charge is 0.342 e. The van der Waals surface area contributed by atoms with E-state index in [2.05, 4.69) is 30.2 Å². The van der Waals surface area contributed by atoms with Gasteiger partial charge in [0.2, 0.25) is 18.1 Å². The summed E-state index contributed by atoms with van der Waals surface area (Å²) in [5.74, 6) is 0.889. The molecule has 7 nitrogen and oxygen atoms in total. The van der Waals surface area contributed by atoms with E-state index in [9.17, 15) is 4.79 Å². The van der Waals surface area contributed by atoms with Crippen molar-refractivity contribution in [2.24, 2.45) is 10.2 Å². The molecule has 2 aromatic rings. The molecule has 1 aromatic heterocycles. The molecule has 20 heavy (non-hydrogen) atoms. The zero-order valence-corrected chi connectivity index (χ0v) is 11.0. The Balaban J connectivity index is 1.68. The van der Waals surface area contributed by atoms with Crippen LogP contribution in [0.15, 0.2) is 45.4 Å². The van der Waals surface area contributed by atoms with E-state index in [0.29, 0.717) is 16.7 Å². The highest BCUT2D eigenvalue weighted by molar-refractivity contribution is 8.15. The summed E-state index contributed by atoms with van der Waals surface area (Å²) in [6.07, 6.45) is 2.90. The van der Waals surface area contributed by atoms with Gasteiger partial charge in [-0.1, -0.05) is 41.2 Å². The van der Waals surface area contributed by atoms with Gasteiger partial charge >= 0.3 is 0 Å². The van der Waals surface area contributed by atoms with Gasteiger partial charge < -0.3 is 9.84 Å². The number of nitrogens with zero attached hydrogens (tertiary/aromatic N) is 4. The van der Waals surface area contributed by atoms with Gasteiger partial charge in [-0.3, -0.25) is 4.79 Å². The highest BCUT2D eigenvalue weighted by atomic mass is 32.2. The van der Waals surface area contributed by atoms with Gasteiger partial charge in [0, 0.05) is 5.56 Å². The number of hydrogen-bond donors (Lipinski definition) is 1. The highest BCUT2D eigenvalue weighted by Crippen LogP contribution is 2.14. The van der Waals surface area contributed by atoms with Crippen molar-refractivity contribution < 1.29 is 9.32 Å². The Labute approximate surface area is 118 Å². The lowest BCUT2D eigenvalue weighted by Crippen LogP contribution is -2.19. The van der Waals surface area contributed by atoms with E-state index in [1.807, 2.05) is 24.3 Å². The predicted octanol–water partition coefficient (Wildman–Crippen LogP) is 1.29. The summed E-state index contributed by atoms with van der Waals surface area (Å²) in [4.78, 5) is 14.9. The first-order valence-corrected chi connectivity index (χ1v) is 6.70. The van der Waals surface area contributed by atoms with Gasteiger partial charge in [0.05, 0.1) is 12.0 Å². The molecule has 1 N–H and O–H groups in total. The van der Waals surface area contributed by atoms with Crippen molar-refractivity contribution in [3.8, 4) is 11.4 Å². The number of rotatable bonds is 3. The van der Waals surface area contributed by atoms with Crippen molar-refractivity contribution in [3.05, 3.63) is 36.2 Å². The molecule has 1 aliphatic rings. The van der Waals surface area contributed by atoms with Crippen molar-refractivity contribution in [3.63, 3.8) is 0 Å². The van der Waals surface area contributed by atoms with Gasteiger partial charge in [-0.25, -0.2) is 0 Å². The number of amidine groups is 1. The third-order valence-corrected chi connectivity index (χ3v) is 3.34. The number of thioether (sulfide) groups is 1. The Morgan fingerprint density at radius 3 is 2.85 bits per heavy atom. The average molecular weight is 287 g/mol. The second-order valence-corrected chi connectivity index (χ2v) is 4.83. The zero-order chi connectivity index (χ0) is 13.8. The molecule has 0 saturated carbocycles. The molecule has 2 heterocycles. The molecule has 0 radical (unpaired) electrons. The van der Waals surface area contributed by atoms with Gasteiger partial charge in [0.25, 0.3) is 0 Å². The summed E-state index contributed by atoms with van der Waals surface area (Å²) in [7, 11) is 0. The lowest BCUT2D eigenvalue weighted by Gasteiger charge is -1.95. The standard InChI is InChI=1S/C12H9N5O2S/c18-10-6-20-12(15-10)16-14-5-8-1-3-9(4-2-8)11-13-7-19-17-11/h1-5,7H,6H2,(H,15,16,18). The molecular formula is C12H9N5O2S. The quantitative estimate of drug-likeness (QED) is 0.678. The first kappa shape index (κ1) is 12.5. The molecule has 8 heteroatoms. The molecule has 1 saturated heterocycles. The molecule has 0 spiro atoms. The molecule has 1 aliphatic heterocycles. The molecule has 0 unspecified atom stereocenters. The number of benzene rings is 1. The van der Waals surface area contributed by atoms with Crippen LogP contribution in [-0.4, -0.2) is 33.2 Å². The van der Waals surface area contributed by atoms with Gasteiger partial charge in [0.15, 0.2) is 5.17 Å². The molecular weight excluding hydrogens is 278 g/mol. The summed E-state index contributed by atoms with van der Waals surface area (Å²) in [6.45, 7) is 0. The van der Waals surface area contributed by atoms with E-state index in [1.54, 1.807) is 6.21 Å². The summed E-state index contributed by atoms with van der Waals surface area (Å²) in [5.41, 5.74) is 1.75. The Bertz CT molecular complexity index is 664. The third kappa shape index (κ3) is 2.91. The lowest BCUT2D eigenvalue weighted by atomic mass is 10.1. The van der Waals surface area contributed by atoms with Crippen molar-refractivity contribution >= 4 is 29.1 Å². The Kier molecular flexibility index (Phi) is 3.55. The van der Waals surface area contributed by atoms with Gasteiger partial charge in [-0.05, 0) is 5.56 Å². The molecule has 1 aromatic carbocycles. The minimum absolute atomic E-state index is 0.0478. The van der Waals surface area contributed by atoms with Crippen molar-refractivity contribution in [1.29, 1.82) is 0 Å². The van der Waals surface area contributed by atoms with Crippen LogP contribution in [-0.2, 0) is 4.79 Å². The first-order valence-electron chi connectivity index (χ1n) is 5.72. The molecule has 3 rings (SSSR count). The third-order valence-electron chi connectivity index (χ3n) is 2.47. The maximum atomic E-state index is 11.0. The lowest BCUT2D eigenvalue weighted by molar-refractivity contribution is -0.116. The highest BCUT2D eigenvalue weighted by Gasteiger charge is 2.15. The van der Waals surface area contributed by atoms with E-state index in [1.165, 1.54) is 18.2 Å². The zero-order valence-electron chi connectivity index (χ0n) is 10.2. The van der Waals surface area contributed by atoms with Crippen LogP contribution in [0.3, 0.4) is 0 Å². The molecule has 0 atom stereocenters. The summed E-state index contributed by atoms with van der Waals surface area (Å²) >= 11 is 1.33. The molecule has 1 fully saturated rings. The van der Waals surface area contributed by atoms with Crippen LogP contribution < -0.4 is 5.32 Å². The molecule has 1 amide bonds. The second-order valence-electron chi connectivity index (χ2n) is 3.86. The molecule has 0 aliphatic carbocycles. The maximum Gasteiger partial charge on any atom is 0.236 e. The van der Waals surface area contributed by atoms with Crippen molar-refractivity contribution in [2.45, 2.75) is 0 Å². The van der Waals surface area contributed by atoms with Crippen LogP contribution in [0.5, 0.6) is 0 Å². The Hall–Kier alpha value is -2.48. The van der Waals surface area contributed by atoms with Crippen LogP contribution in [0.25, 0.3) is 11.4 Å². The second kappa shape index (κ2) is 5.66. The summed E-state index contributed by atoms with van der Waals surface area (Å²) in [5, 5.41) is 14.7. The average Bonchev–Trinajstić information content (AvgIpc) is 3.11. The first-order chi connectivity index (χ1) is 9.81. The van der Waals surface area contributed by atoms with Crippen LogP contribution in [0, 0.1) is 0 Å². The van der Waals surface area contributed by atoms with Crippen LogP contribution in [0.4, 0.5) is 0 Å². The monoisotopic (exact) mass is 287 g/mol. The molecule has 100 valence electrons. The smallest absolute Gasteiger partial charge is 0.236 e. The number of aromatic nitrogens is 2. The van der Waals surface area contributed by atoms with Crippen molar-refractivity contribution in [1.82, 2.24) is 15.5 Å². The van der Waals surface area contributed by atoms with Gasteiger partial charge in [-0.2, -0.15) is 10.1 Å². The summed E-state index contributed by atoms with van der Waals surface area (Å²) < 4.78 is 4.69. The van der Waals surface area contributed by atoms with E-state index < -0.39 is 0 Å². The number of amides is 1. The fraction of sp³-hybridized carbons (Fsp3) is 0.0833. The van der Waals surface area contributed by atoms with Crippen LogP contribution >= 0.6 is 11.8 Å². The Morgan fingerprint density at radius 2 is 2.20 bits per heavy atom. The SMILES string of the molecule is O=C1CSC(=NN=Cc2ccc(-c3ncon3)cc2)N1. The number of nitrogens with one attached hydrogen (secondary N) is 1. The molecule has 0 bridgehead atoms. The van der Waals surface area contributed by atoms with E-state index >= 15 is 0 Å². The number of carbonyl (C=O) groups is 1. The summed E-state index contributed by atoms with van der Waals surface area (Å²) in [6, 6.07) is 7.47. The van der Waals surface area contributed by atoms with Crippen LogP contribution in [0.2, 0.25) is 0 Å². The number of hydrogen-bond acceptors (Lipinski definition) is 7. The van der Waals surface area contributed by atoms with E-state index in [0.717, 1.165) is 11.1 Å². The van der Waals surface area contributed by atoms with Crippen LogP contribution in [0.1, 0.15) is 5.56 Å². The fourth-order valence-corrected chi connectivity index (χ4v) is 2.17. The normalized spacial score (nSPS) is 17.0. The fourth-order valence-electron chi connectivity index (χ4n) is 1.54. The maximum absolute atomic E-state index is 11.0. The van der Waals surface area contributed by atoms with E-state index in [-0.39, 0.29) is 5.91 Å². The predicted molar refractivity (Wildman–Crippen MR) is 75.4 cm³/mol. The minimum atomic E-state index is -0.0478.